The van der Waals surface area contributed by atoms with Gasteiger partial charge in [0.15, 0.2) is 5.65 Å². The fourth-order valence-electron chi connectivity index (χ4n) is 4.42. The van der Waals surface area contributed by atoms with E-state index in [0.29, 0.717) is 5.92 Å². The Morgan fingerprint density at radius 2 is 1.97 bits per heavy atom. The number of fused-ring (bicyclic) bond motifs is 2. The van der Waals surface area contributed by atoms with E-state index < -0.39 is 0 Å². The predicted molar refractivity (Wildman–Crippen MR) is 115 cm³/mol. The molecular formula is C23H26N6. The third-order valence-electron chi connectivity index (χ3n) is 5.91. The monoisotopic (exact) mass is 386 g/mol. The number of aromatic nitrogens is 5. The summed E-state index contributed by atoms with van der Waals surface area (Å²) in [6.45, 7) is 8.66. The van der Waals surface area contributed by atoms with Crippen LogP contribution in [0.3, 0.4) is 0 Å². The first-order valence-electron chi connectivity index (χ1n) is 10.2. The highest BCUT2D eigenvalue weighted by Crippen LogP contribution is 2.37. The van der Waals surface area contributed by atoms with Gasteiger partial charge in [-0.05, 0) is 55.1 Å². The normalized spacial score (nSPS) is 14.7. The van der Waals surface area contributed by atoms with Crippen molar-refractivity contribution in [2.75, 3.05) is 13.6 Å². The molecule has 1 N–H and O–H groups in total. The summed E-state index contributed by atoms with van der Waals surface area (Å²) in [4.78, 5) is 6.70. The maximum atomic E-state index is 4.76. The van der Waals surface area contributed by atoms with E-state index in [4.69, 9.17) is 5.10 Å². The molecule has 4 aromatic rings. The average Bonchev–Trinajstić information content (AvgIpc) is 3.34. The highest BCUT2D eigenvalue weighted by Gasteiger charge is 2.21. The maximum Gasteiger partial charge on any atom is 0.158 e. The smallest absolute Gasteiger partial charge is 0.158 e. The minimum absolute atomic E-state index is 0.340. The lowest BCUT2D eigenvalue weighted by atomic mass is 9.91. The number of hydrogen-bond acceptors (Lipinski definition) is 4. The number of aryl methyl sites for hydroxylation is 1. The van der Waals surface area contributed by atoms with E-state index in [0.717, 1.165) is 47.7 Å². The molecule has 29 heavy (non-hydrogen) atoms. The molecule has 0 fully saturated rings. The Morgan fingerprint density at radius 3 is 2.79 bits per heavy atom. The molecule has 4 heterocycles. The van der Waals surface area contributed by atoms with Crippen LogP contribution >= 0.6 is 0 Å². The molecule has 0 unspecified atom stereocenters. The Balaban J connectivity index is 1.63. The molecule has 3 aromatic heterocycles. The van der Waals surface area contributed by atoms with Gasteiger partial charge in [-0.25, -0.2) is 9.50 Å². The fourth-order valence-corrected chi connectivity index (χ4v) is 4.42. The number of nitrogens with one attached hydrogen (secondary N) is 1. The van der Waals surface area contributed by atoms with Crippen molar-refractivity contribution >= 4 is 5.65 Å². The van der Waals surface area contributed by atoms with Crippen molar-refractivity contribution in [3.05, 3.63) is 59.0 Å². The molecular weight excluding hydrogens is 360 g/mol. The number of aromatic amines is 1. The van der Waals surface area contributed by atoms with Gasteiger partial charge in [0, 0.05) is 36.0 Å². The molecule has 0 saturated heterocycles. The van der Waals surface area contributed by atoms with Crippen LogP contribution in [0.15, 0.2) is 36.8 Å². The van der Waals surface area contributed by atoms with Crippen LogP contribution in [-0.4, -0.2) is 43.3 Å². The van der Waals surface area contributed by atoms with Gasteiger partial charge >= 0.3 is 0 Å². The molecule has 0 amide bonds. The molecule has 1 aliphatic heterocycles. The first-order valence-corrected chi connectivity index (χ1v) is 10.2. The van der Waals surface area contributed by atoms with Crippen molar-refractivity contribution in [3.63, 3.8) is 0 Å². The summed E-state index contributed by atoms with van der Waals surface area (Å²) in [6.07, 6.45) is 4.72. The number of pyridine rings is 1. The zero-order chi connectivity index (χ0) is 20.1. The molecule has 6 heteroatoms. The van der Waals surface area contributed by atoms with Crippen molar-refractivity contribution in [2.24, 2.45) is 0 Å². The standard InChI is InChI=1S/C23H26N6/c1-14(2)20-21(17-5-6-18-11-28(4)8-7-16(18)10-17)26-27-22(20)19-9-15(3)23-24-13-25-29(23)12-19/h5-6,9-10,12-14H,7-8,11H2,1-4H3,(H,26,27). The Morgan fingerprint density at radius 1 is 1.10 bits per heavy atom. The Labute approximate surface area is 170 Å². The second-order valence-electron chi connectivity index (χ2n) is 8.43. The zero-order valence-electron chi connectivity index (χ0n) is 17.4. The lowest BCUT2D eigenvalue weighted by Crippen LogP contribution is -2.26. The second-order valence-corrected chi connectivity index (χ2v) is 8.43. The van der Waals surface area contributed by atoms with Gasteiger partial charge in [-0.15, -0.1) is 0 Å². The highest BCUT2D eigenvalue weighted by molar-refractivity contribution is 5.76. The fraction of sp³-hybridized carbons (Fsp3) is 0.348. The number of H-pyrrole nitrogens is 1. The zero-order valence-corrected chi connectivity index (χ0v) is 17.4. The van der Waals surface area contributed by atoms with Gasteiger partial charge in [0.2, 0.25) is 0 Å². The molecule has 0 saturated carbocycles. The summed E-state index contributed by atoms with van der Waals surface area (Å²) in [7, 11) is 2.18. The number of rotatable bonds is 3. The first-order chi connectivity index (χ1) is 14.0. The molecule has 0 bridgehead atoms. The number of nitrogens with zero attached hydrogens (tertiary/aromatic N) is 5. The van der Waals surface area contributed by atoms with Crippen molar-refractivity contribution in [1.29, 1.82) is 0 Å². The van der Waals surface area contributed by atoms with Crippen molar-refractivity contribution in [1.82, 2.24) is 29.7 Å². The summed E-state index contributed by atoms with van der Waals surface area (Å²) in [5.74, 6) is 0.340. The van der Waals surface area contributed by atoms with E-state index in [1.165, 1.54) is 22.3 Å². The lowest BCUT2D eigenvalue weighted by molar-refractivity contribution is 0.313. The summed E-state index contributed by atoms with van der Waals surface area (Å²) >= 11 is 0. The van der Waals surface area contributed by atoms with Crippen molar-refractivity contribution in [2.45, 2.75) is 39.7 Å². The predicted octanol–water partition coefficient (Wildman–Crippen LogP) is 4.21. The molecule has 0 aliphatic carbocycles. The van der Waals surface area contributed by atoms with Gasteiger partial charge in [-0.1, -0.05) is 26.0 Å². The molecule has 1 aliphatic rings. The maximum absolute atomic E-state index is 4.76. The van der Waals surface area contributed by atoms with E-state index in [1.54, 1.807) is 6.33 Å². The molecule has 0 atom stereocenters. The number of likely N-dealkylation sites (N-methyl/N-ethyl adjacent to an activating group) is 1. The molecule has 148 valence electrons. The van der Waals surface area contributed by atoms with Crippen LogP contribution in [-0.2, 0) is 13.0 Å². The molecule has 5 rings (SSSR count). The van der Waals surface area contributed by atoms with E-state index in [2.05, 4.69) is 72.2 Å². The Bertz CT molecular complexity index is 1200. The van der Waals surface area contributed by atoms with Crippen LogP contribution in [0.5, 0.6) is 0 Å². The number of benzene rings is 1. The molecule has 6 nitrogen and oxygen atoms in total. The molecule has 0 radical (unpaired) electrons. The van der Waals surface area contributed by atoms with Crippen LogP contribution in [0.25, 0.3) is 28.2 Å². The van der Waals surface area contributed by atoms with E-state index >= 15 is 0 Å². The molecule has 0 spiro atoms. The summed E-state index contributed by atoms with van der Waals surface area (Å²) in [5.41, 5.74) is 10.5. The average molecular weight is 387 g/mol. The Hall–Kier alpha value is -2.99. The minimum atomic E-state index is 0.340. The summed E-state index contributed by atoms with van der Waals surface area (Å²) < 4.78 is 1.84. The van der Waals surface area contributed by atoms with Gasteiger partial charge in [0.1, 0.15) is 6.33 Å². The SMILES string of the molecule is Cc1cc(-c2[nH]nc(-c3ccc4c(c3)CCN(C)C4)c2C(C)C)cn2ncnc12. The third kappa shape index (κ3) is 3.04. The van der Waals surface area contributed by atoms with Crippen molar-refractivity contribution in [3.8, 4) is 22.5 Å². The quantitative estimate of drug-likeness (QED) is 0.573. The van der Waals surface area contributed by atoms with Crippen LogP contribution in [0.4, 0.5) is 0 Å². The summed E-state index contributed by atoms with van der Waals surface area (Å²) in [5, 5.41) is 12.4. The van der Waals surface area contributed by atoms with Crippen LogP contribution < -0.4 is 0 Å². The third-order valence-corrected chi connectivity index (χ3v) is 5.91. The highest BCUT2D eigenvalue weighted by atomic mass is 15.3. The van der Waals surface area contributed by atoms with Gasteiger partial charge in [0.05, 0.1) is 11.4 Å². The van der Waals surface area contributed by atoms with Crippen LogP contribution in [0.2, 0.25) is 0 Å². The summed E-state index contributed by atoms with van der Waals surface area (Å²) in [6, 6.07) is 8.98. The lowest BCUT2D eigenvalue weighted by Gasteiger charge is -2.25. The van der Waals surface area contributed by atoms with Crippen LogP contribution in [0.1, 0.15) is 42.0 Å². The van der Waals surface area contributed by atoms with Crippen LogP contribution in [0, 0.1) is 6.92 Å². The van der Waals surface area contributed by atoms with E-state index in [-0.39, 0.29) is 0 Å². The van der Waals surface area contributed by atoms with Gasteiger partial charge < -0.3 is 4.90 Å². The number of hydrogen-bond donors (Lipinski definition) is 1. The van der Waals surface area contributed by atoms with E-state index in [1.807, 2.05) is 10.7 Å². The van der Waals surface area contributed by atoms with Gasteiger partial charge in [0.25, 0.3) is 0 Å². The largest absolute Gasteiger partial charge is 0.302 e. The first kappa shape index (κ1) is 18.1. The minimum Gasteiger partial charge on any atom is -0.302 e. The molecule has 1 aromatic carbocycles. The Kier molecular flexibility index (Phi) is 4.24. The van der Waals surface area contributed by atoms with E-state index in [9.17, 15) is 0 Å². The van der Waals surface area contributed by atoms with Crippen molar-refractivity contribution < 1.29 is 0 Å². The van der Waals surface area contributed by atoms with Gasteiger partial charge in [-0.2, -0.15) is 10.2 Å². The van der Waals surface area contributed by atoms with Gasteiger partial charge in [-0.3, -0.25) is 5.10 Å². The second kappa shape index (κ2) is 6.81. The topological polar surface area (TPSA) is 62.1 Å².